The Labute approximate surface area is 152 Å². The average molecular weight is 393 g/mol. The number of benzene rings is 3. The van der Waals surface area contributed by atoms with E-state index in [0.717, 1.165) is 26.5 Å². The zero-order valence-electron chi connectivity index (χ0n) is 13.0. The first kappa shape index (κ1) is 15.5. The van der Waals surface area contributed by atoms with Crippen LogP contribution in [0.1, 0.15) is 5.56 Å². The first-order valence-electron chi connectivity index (χ1n) is 7.62. The summed E-state index contributed by atoms with van der Waals surface area (Å²) in [7, 11) is 0. The SMILES string of the molecule is Brc1cccc(/C=N\Nc2nnnn2-c2cccc3ccccc23)c1. The maximum Gasteiger partial charge on any atom is 0.268 e. The van der Waals surface area contributed by atoms with Gasteiger partial charge in [0.1, 0.15) is 0 Å². The zero-order chi connectivity index (χ0) is 17.1. The fourth-order valence-electron chi connectivity index (χ4n) is 2.56. The molecule has 1 N–H and O–H groups in total. The third-order valence-corrected chi connectivity index (χ3v) is 4.18. The van der Waals surface area contributed by atoms with Crippen LogP contribution in [-0.4, -0.2) is 26.4 Å². The first-order valence-corrected chi connectivity index (χ1v) is 8.42. The van der Waals surface area contributed by atoms with E-state index in [1.165, 1.54) is 0 Å². The predicted molar refractivity (Wildman–Crippen MR) is 102 cm³/mol. The standard InChI is InChI=1S/C18H13BrN6/c19-15-8-3-5-13(11-15)12-20-21-18-22-23-24-25(18)17-10-4-7-14-6-1-2-9-16(14)17/h1-12H,(H,21,22,24)/b20-12-. The van der Waals surface area contributed by atoms with Crippen LogP contribution in [-0.2, 0) is 0 Å². The molecule has 0 saturated carbocycles. The van der Waals surface area contributed by atoms with Gasteiger partial charge in [-0.05, 0) is 39.6 Å². The molecule has 25 heavy (non-hydrogen) atoms. The molecule has 4 aromatic rings. The molecule has 0 saturated heterocycles. The summed E-state index contributed by atoms with van der Waals surface area (Å²) in [5.74, 6) is 0.447. The highest BCUT2D eigenvalue weighted by molar-refractivity contribution is 9.10. The summed E-state index contributed by atoms with van der Waals surface area (Å²) in [6.07, 6.45) is 1.72. The van der Waals surface area contributed by atoms with E-state index in [2.05, 4.69) is 54.1 Å². The lowest BCUT2D eigenvalue weighted by molar-refractivity contribution is 0.794. The maximum absolute atomic E-state index is 4.23. The number of hydrazone groups is 1. The van der Waals surface area contributed by atoms with Gasteiger partial charge in [-0.2, -0.15) is 9.78 Å². The molecule has 0 radical (unpaired) electrons. The van der Waals surface area contributed by atoms with Crippen molar-refractivity contribution >= 4 is 38.9 Å². The van der Waals surface area contributed by atoms with Gasteiger partial charge in [0, 0.05) is 9.86 Å². The summed E-state index contributed by atoms with van der Waals surface area (Å²) in [5.41, 5.74) is 4.76. The molecule has 7 heteroatoms. The molecule has 0 aliphatic heterocycles. The van der Waals surface area contributed by atoms with Gasteiger partial charge in [-0.25, -0.2) is 5.43 Å². The third-order valence-electron chi connectivity index (χ3n) is 3.69. The molecule has 6 nitrogen and oxygen atoms in total. The van der Waals surface area contributed by atoms with Crippen molar-refractivity contribution in [2.75, 3.05) is 5.43 Å². The number of anilines is 1. The monoisotopic (exact) mass is 392 g/mol. The summed E-state index contributed by atoms with van der Waals surface area (Å²) < 4.78 is 2.64. The summed E-state index contributed by atoms with van der Waals surface area (Å²) in [6.45, 7) is 0. The van der Waals surface area contributed by atoms with Gasteiger partial charge in [-0.1, -0.05) is 69.6 Å². The van der Waals surface area contributed by atoms with Gasteiger partial charge in [0.15, 0.2) is 0 Å². The highest BCUT2D eigenvalue weighted by Crippen LogP contribution is 2.23. The van der Waals surface area contributed by atoms with Gasteiger partial charge in [0.25, 0.3) is 5.95 Å². The Balaban J connectivity index is 1.64. The van der Waals surface area contributed by atoms with E-state index < -0.39 is 0 Å². The molecule has 4 rings (SSSR count). The van der Waals surface area contributed by atoms with Crippen molar-refractivity contribution in [1.82, 2.24) is 20.2 Å². The Morgan fingerprint density at radius 1 is 1.00 bits per heavy atom. The largest absolute Gasteiger partial charge is 0.268 e. The van der Waals surface area contributed by atoms with E-state index in [1.807, 2.05) is 54.6 Å². The van der Waals surface area contributed by atoms with E-state index in [-0.39, 0.29) is 0 Å². The number of hydrogen-bond donors (Lipinski definition) is 1. The number of rotatable bonds is 4. The van der Waals surface area contributed by atoms with Gasteiger partial charge < -0.3 is 0 Å². The molecule has 0 spiro atoms. The molecule has 0 fully saturated rings. The Kier molecular flexibility index (Phi) is 4.22. The van der Waals surface area contributed by atoms with Gasteiger partial charge in [0.2, 0.25) is 0 Å². The van der Waals surface area contributed by atoms with E-state index in [0.29, 0.717) is 5.95 Å². The molecule has 0 amide bonds. The predicted octanol–water partition coefficient (Wildman–Crippen LogP) is 4.02. The van der Waals surface area contributed by atoms with E-state index >= 15 is 0 Å². The second kappa shape index (κ2) is 6.82. The summed E-state index contributed by atoms with van der Waals surface area (Å²) in [4.78, 5) is 0. The van der Waals surface area contributed by atoms with Crippen LogP contribution in [0.4, 0.5) is 5.95 Å². The zero-order valence-corrected chi connectivity index (χ0v) is 14.6. The molecule has 0 aliphatic carbocycles. The molecule has 0 bridgehead atoms. The van der Waals surface area contributed by atoms with Crippen molar-refractivity contribution in [3.8, 4) is 5.69 Å². The lowest BCUT2D eigenvalue weighted by Gasteiger charge is -2.07. The third kappa shape index (κ3) is 3.27. The number of nitrogens with zero attached hydrogens (tertiary/aromatic N) is 5. The fraction of sp³-hybridized carbons (Fsp3) is 0. The Morgan fingerprint density at radius 2 is 1.84 bits per heavy atom. The van der Waals surface area contributed by atoms with Crippen LogP contribution in [0, 0.1) is 0 Å². The van der Waals surface area contributed by atoms with Crippen LogP contribution in [0.15, 0.2) is 76.3 Å². The molecular weight excluding hydrogens is 380 g/mol. The van der Waals surface area contributed by atoms with E-state index in [4.69, 9.17) is 0 Å². The number of aromatic nitrogens is 4. The molecule has 0 aliphatic rings. The molecular formula is C18H13BrN6. The number of halogens is 1. The molecule has 0 atom stereocenters. The summed E-state index contributed by atoms with van der Waals surface area (Å²) in [6, 6.07) is 22.0. The van der Waals surface area contributed by atoms with Crippen LogP contribution in [0.5, 0.6) is 0 Å². The van der Waals surface area contributed by atoms with Crippen LogP contribution in [0.25, 0.3) is 16.5 Å². The molecule has 122 valence electrons. The van der Waals surface area contributed by atoms with Gasteiger partial charge in [-0.3, -0.25) is 0 Å². The number of tetrazole rings is 1. The lowest BCUT2D eigenvalue weighted by Crippen LogP contribution is -2.04. The van der Waals surface area contributed by atoms with Crippen LogP contribution in [0.3, 0.4) is 0 Å². The van der Waals surface area contributed by atoms with Crippen LogP contribution in [0.2, 0.25) is 0 Å². The number of hydrogen-bond acceptors (Lipinski definition) is 5. The lowest BCUT2D eigenvalue weighted by atomic mass is 10.1. The van der Waals surface area contributed by atoms with Crippen molar-refractivity contribution in [3.63, 3.8) is 0 Å². The van der Waals surface area contributed by atoms with E-state index in [9.17, 15) is 0 Å². The molecule has 0 unspecified atom stereocenters. The molecule has 1 aromatic heterocycles. The second-order valence-electron chi connectivity index (χ2n) is 5.34. The van der Waals surface area contributed by atoms with Crippen molar-refractivity contribution in [1.29, 1.82) is 0 Å². The summed E-state index contributed by atoms with van der Waals surface area (Å²) >= 11 is 3.44. The average Bonchev–Trinajstić information content (AvgIpc) is 3.10. The fourth-order valence-corrected chi connectivity index (χ4v) is 2.98. The van der Waals surface area contributed by atoms with Gasteiger partial charge in [-0.15, -0.1) is 0 Å². The Morgan fingerprint density at radius 3 is 2.76 bits per heavy atom. The highest BCUT2D eigenvalue weighted by atomic mass is 79.9. The van der Waals surface area contributed by atoms with E-state index in [1.54, 1.807) is 10.9 Å². The van der Waals surface area contributed by atoms with Gasteiger partial charge >= 0.3 is 0 Å². The topological polar surface area (TPSA) is 68.0 Å². The maximum atomic E-state index is 4.23. The quantitative estimate of drug-likeness (QED) is 0.420. The minimum Gasteiger partial charge on any atom is -0.244 e. The minimum atomic E-state index is 0.447. The Hall–Kier alpha value is -3.06. The van der Waals surface area contributed by atoms with Gasteiger partial charge in [0.05, 0.1) is 11.9 Å². The van der Waals surface area contributed by atoms with Crippen molar-refractivity contribution < 1.29 is 0 Å². The normalized spacial score (nSPS) is 11.2. The second-order valence-corrected chi connectivity index (χ2v) is 6.25. The Bertz CT molecular complexity index is 1050. The smallest absolute Gasteiger partial charge is 0.244 e. The van der Waals surface area contributed by atoms with Crippen LogP contribution >= 0.6 is 15.9 Å². The highest BCUT2D eigenvalue weighted by Gasteiger charge is 2.10. The van der Waals surface area contributed by atoms with Crippen molar-refractivity contribution in [2.45, 2.75) is 0 Å². The number of fused-ring (bicyclic) bond motifs is 1. The minimum absolute atomic E-state index is 0.447. The molecule has 1 heterocycles. The van der Waals surface area contributed by atoms with Crippen molar-refractivity contribution in [3.05, 3.63) is 76.8 Å². The number of nitrogens with one attached hydrogen (secondary N) is 1. The first-order chi connectivity index (χ1) is 12.3. The molecule has 3 aromatic carbocycles. The van der Waals surface area contributed by atoms with Crippen molar-refractivity contribution in [2.24, 2.45) is 5.10 Å². The summed E-state index contributed by atoms with van der Waals surface area (Å²) in [5, 5.41) is 18.3. The van der Waals surface area contributed by atoms with Crippen LogP contribution < -0.4 is 5.43 Å².